The van der Waals surface area contributed by atoms with Gasteiger partial charge in [-0.1, -0.05) is 18.2 Å². The van der Waals surface area contributed by atoms with Crippen molar-refractivity contribution in [2.45, 2.75) is 31.6 Å². The minimum atomic E-state index is -3.20. The van der Waals surface area contributed by atoms with Gasteiger partial charge in [0.1, 0.15) is 0 Å². The maximum absolute atomic E-state index is 12.4. The van der Waals surface area contributed by atoms with Crippen LogP contribution in [0.5, 0.6) is 0 Å². The Labute approximate surface area is 143 Å². The molecule has 1 aromatic heterocycles. The molecular weight excluding hydrogens is 326 g/mol. The number of likely N-dealkylation sites (N-methyl/N-ethyl adjacent to an activating group) is 1. The van der Waals surface area contributed by atoms with Crippen molar-refractivity contribution >= 4 is 15.7 Å². The van der Waals surface area contributed by atoms with Crippen molar-refractivity contribution in [3.05, 3.63) is 48.3 Å². The van der Waals surface area contributed by atoms with Gasteiger partial charge < -0.3 is 4.90 Å². The highest BCUT2D eigenvalue weighted by molar-refractivity contribution is 7.91. The summed E-state index contributed by atoms with van der Waals surface area (Å²) in [6, 6.07) is 9.24. The summed E-state index contributed by atoms with van der Waals surface area (Å²) in [6.45, 7) is 3.37. The second-order valence-corrected chi connectivity index (χ2v) is 8.49. The van der Waals surface area contributed by atoms with E-state index < -0.39 is 21.1 Å². The van der Waals surface area contributed by atoms with Gasteiger partial charge in [-0.05, 0) is 31.5 Å². The van der Waals surface area contributed by atoms with Gasteiger partial charge in [-0.25, -0.2) is 13.1 Å². The van der Waals surface area contributed by atoms with E-state index in [-0.39, 0.29) is 12.3 Å². The molecule has 0 aliphatic carbocycles. The fourth-order valence-electron chi connectivity index (χ4n) is 2.37. The van der Waals surface area contributed by atoms with Gasteiger partial charge in [-0.2, -0.15) is 5.10 Å². The molecule has 0 saturated heterocycles. The summed E-state index contributed by atoms with van der Waals surface area (Å²) in [5.74, 6) is -0.134. The molecule has 24 heavy (non-hydrogen) atoms. The van der Waals surface area contributed by atoms with Crippen LogP contribution >= 0.6 is 0 Å². The van der Waals surface area contributed by atoms with Gasteiger partial charge in [0.2, 0.25) is 5.91 Å². The van der Waals surface area contributed by atoms with Gasteiger partial charge in [0.05, 0.1) is 23.6 Å². The molecule has 0 saturated carbocycles. The molecule has 2 rings (SSSR count). The van der Waals surface area contributed by atoms with E-state index in [1.807, 2.05) is 36.5 Å². The Morgan fingerprint density at radius 2 is 1.88 bits per heavy atom. The Kier molecular flexibility index (Phi) is 5.43. The zero-order valence-corrected chi connectivity index (χ0v) is 15.2. The lowest BCUT2D eigenvalue weighted by Crippen LogP contribution is -2.44. The summed E-state index contributed by atoms with van der Waals surface area (Å²) >= 11 is 0. The highest BCUT2D eigenvalue weighted by atomic mass is 32.2. The van der Waals surface area contributed by atoms with E-state index in [1.165, 1.54) is 11.2 Å². The number of hydrogen-bond donors (Lipinski definition) is 0. The van der Waals surface area contributed by atoms with E-state index >= 15 is 0 Å². The Balaban J connectivity index is 2.06. The highest BCUT2D eigenvalue weighted by Crippen LogP contribution is 2.13. The van der Waals surface area contributed by atoms with Crippen LogP contribution < -0.4 is 0 Å². The zero-order chi connectivity index (χ0) is 17.9. The number of hydrogen-bond acceptors (Lipinski definition) is 4. The second kappa shape index (κ2) is 7.17. The van der Waals surface area contributed by atoms with Crippen molar-refractivity contribution < 1.29 is 13.2 Å². The lowest BCUT2D eigenvalue weighted by atomic mass is 10.2. The van der Waals surface area contributed by atoms with Crippen LogP contribution in [0.2, 0.25) is 0 Å². The molecular formula is C17H23N3O3S. The fraction of sp³-hybridized carbons (Fsp3) is 0.412. The van der Waals surface area contributed by atoms with Crippen molar-refractivity contribution in [3.63, 3.8) is 0 Å². The normalized spacial score (nSPS) is 14.2. The average Bonchev–Trinajstić information content (AvgIpc) is 3.01. The van der Waals surface area contributed by atoms with Crippen LogP contribution in [0, 0.1) is 0 Å². The molecule has 0 N–H and O–H groups in total. The van der Waals surface area contributed by atoms with Crippen LogP contribution in [0.3, 0.4) is 0 Å². The highest BCUT2D eigenvalue weighted by Gasteiger charge is 2.28. The molecule has 0 aliphatic rings. The lowest BCUT2D eigenvalue weighted by molar-refractivity contribution is -0.130. The van der Waals surface area contributed by atoms with Crippen LogP contribution in [-0.2, 0) is 21.1 Å². The fourth-order valence-corrected chi connectivity index (χ4v) is 3.27. The van der Waals surface area contributed by atoms with Gasteiger partial charge in [-0.15, -0.1) is 0 Å². The van der Waals surface area contributed by atoms with Crippen molar-refractivity contribution in [2.75, 3.05) is 13.3 Å². The number of amides is 1. The number of sulfone groups is 1. The number of aromatic nitrogens is 2. The first kappa shape index (κ1) is 18.2. The summed E-state index contributed by atoms with van der Waals surface area (Å²) in [5, 5.41) is 3.66. The van der Waals surface area contributed by atoms with Crippen LogP contribution in [0.4, 0.5) is 0 Å². The molecule has 6 nitrogen and oxygen atoms in total. The monoisotopic (exact) mass is 349 g/mol. The number of carbonyl (C=O) groups excluding carboxylic acids is 1. The van der Waals surface area contributed by atoms with Crippen molar-refractivity contribution in [1.82, 2.24) is 14.7 Å². The minimum Gasteiger partial charge on any atom is -0.341 e. The lowest BCUT2D eigenvalue weighted by Gasteiger charge is -2.28. The van der Waals surface area contributed by atoms with Crippen LogP contribution in [-0.4, -0.2) is 53.6 Å². The van der Waals surface area contributed by atoms with Gasteiger partial charge in [0, 0.05) is 25.5 Å². The average molecular weight is 349 g/mol. The van der Waals surface area contributed by atoms with E-state index in [0.717, 1.165) is 11.3 Å². The first-order valence-corrected chi connectivity index (χ1v) is 9.69. The van der Waals surface area contributed by atoms with Gasteiger partial charge >= 0.3 is 0 Å². The van der Waals surface area contributed by atoms with Gasteiger partial charge in [0.15, 0.2) is 9.84 Å². The Hall–Kier alpha value is -2.15. The number of rotatable bonds is 6. The maximum Gasteiger partial charge on any atom is 0.227 e. The molecule has 2 atom stereocenters. The first-order valence-electron chi connectivity index (χ1n) is 7.73. The molecule has 1 amide bonds. The third kappa shape index (κ3) is 4.23. The molecule has 1 heterocycles. The van der Waals surface area contributed by atoms with Crippen molar-refractivity contribution in [2.24, 2.45) is 0 Å². The quantitative estimate of drug-likeness (QED) is 0.796. The van der Waals surface area contributed by atoms with E-state index in [4.69, 9.17) is 0 Å². The number of carbonyl (C=O) groups is 1. The molecule has 130 valence electrons. The van der Waals surface area contributed by atoms with E-state index in [9.17, 15) is 13.2 Å². The van der Waals surface area contributed by atoms with Gasteiger partial charge in [-0.3, -0.25) is 4.79 Å². The van der Waals surface area contributed by atoms with E-state index in [1.54, 1.807) is 31.8 Å². The topological polar surface area (TPSA) is 72.3 Å². The predicted molar refractivity (Wildman–Crippen MR) is 93.8 cm³/mol. The third-order valence-corrected chi connectivity index (χ3v) is 6.12. The molecule has 0 bridgehead atoms. The molecule has 7 heteroatoms. The summed E-state index contributed by atoms with van der Waals surface area (Å²) in [7, 11) is -1.56. The van der Waals surface area contributed by atoms with Crippen molar-refractivity contribution in [1.29, 1.82) is 0 Å². The Bertz CT molecular complexity index is 799. The van der Waals surface area contributed by atoms with Crippen LogP contribution in [0.15, 0.2) is 42.7 Å². The van der Waals surface area contributed by atoms with Crippen molar-refractivity contribution in [3.8, 4) is 5.69 Å². The van der Waals surface area contributed by atoms with Crippen LogP contribution in [0.1, 0.15) is 19.4 Å². The standard InChI is InChI=1S/C17H23N3O3S/c1-13(14(2)24(4,22)23)19(3)17(21)10-15-11-18-20(12-15)16-8-6-5-7-9-16/h5-9,11-14H,10H2,1-4H3/t13-,14-/m0/s1. The molecule has 0 aliphatic heterocycles. The molecule has 2 aromatic rings. The molecule has 0 unspecified atom stereocenters. The summed E-state index contributed by atoms with van der Waals surface area (Å²) in [6.07, 6.45) is 4.84. The largest absolute Gasteiger partial charge is 0.341 e. The van der Waals surface area contributed by atoms with E-state index in [0.29, 0.717) is 0 Å². The second-order valence-electron chi connectivity index (χ2n) is 6.09. The molecule has 0 fully saturated rings. The molecule has 0 radical (unpaired) electrons. The SMILES string of the molecule is C[C@@H]([C@H](C)S(C)(=O)=O)N(C)C(=O)Cc1cnn(-c2ccccc2)c1. The first-order chi connectivity index (χ1) is 11.2. The number of nitrogens with zero attached hydrogens (tertiary/aromatic N) is 3. The molecule has 1 aromatic carbocycles. The molecule has 0 spiro atoms. The summed E-state index contributed by atoms with van der Waals surface area (Å²) in [5.41, 5.74) is 1.71. The predicted octanol–water partition coefficient (Wildman–Crippen LogP) is 1.69. The van der Waals surface area contributed by atoms with Crippen LogP contribution in [0.25, 0.3) is 5.69 Å². The van der Waals surface area contributed by atoms with E-state index in [2.05, 4.69) is 5.10 Å². The summed E-state index contributed by atoms with van der Waals surface area (Å²) < 4.78 is 25.0. The summed E-state index contributed by atoms with van der Waals surface area (Å²) in [4.78, 5) is 13.9. The smallest absolute Gasteiger partial charge is 0.227 e. The number of benzene rings is 1. The minimum absolute atomic E-state index is 0.134. The van der Waals surface area contributed by atoms with Gasteiger partial charge in [0.25, 0.3) is 0 Å². The Morgan fingerprint density at radius 3 is 2.46 bits per heavy atom. The third-order valence-electron chi connectivity index (χ3n) is 4.37. The zero-order valence-electron chi connectivity index (χ0n) is 14.4. The number of para-hydroxylation sites is 1. The maximum atomic E-state index is 12.4. The Morgan fingerprint density at radius 1 is 1.25 bits per heavy atom.